The maximum Gasteiger partial charge on any atom is 0.243 e. The van der Waals surface area contributed by atoms with Gasteiger partial charge in [0.2, 0.25) is 17.7 Å². The monoisotopic (exact) mass is 563 g/mol. The first kappa shape index (κ1) is 29.9. The van der Waals surface area contributed by atoms with Crippen LogP contribution in [0.5, 0.6) is 0 Å². The standard InChI is InChI=1S/C29H41N9O3/c1-20(2)27-28-32-21(3)36-38(28)19-26(40)30-13-8-16-37(18-23-12-14-31-35-23)15-7-11-25(39)33-24(29(41)34-27)17-22-9-5-4-6-10-22/h4-6,9-10,12,14,20,24,27H,7-8,11,13,15-19H2,1-3H3,(H,30,40)(H,31,35)(H,33,39)(H,34,41)/t24-,27+/m1/s1. The number of nitrogens with one attached hydrogen (secondary N) is 4. The molecule has 12 heteroatoms. The molecular formula is C29H41N9O3. The molecule has 0 fully saturated rings. The molecule has 0 saturated carbocycles. The molecule has 0 aliphatic carbocycles. The van der Waals surface area contributed by atoms with Gasteiger partial charge >= 0.3 is 0 Å². The Bertz CT molecular complexity index is 1270. The van der Waals surface area contributed by atoms with Crippen LogP contribution < -0.4 is 16.0 Å². The lowest BCUT2D eigenvalue weighted by Gasteiger charge is -2.26. The first-order valence-electron chi connectivity index (χ1n) is 14.3. The number of hydrogen-bond donors (Lipinski definition) is 4. The molecule has 0 saturated heterocycles. The van der Waals surface area contributed by atoms with Crippen LogP contribution in [-0.2, 0) is 33.9 Å². The largest absolute Gasteiger partial charge is 0.354 e. The van der Waals surface area contributed by atoms with Gasteiger partial charge in [0, 0.05) is 44.4 Å². The van der Waals surface area contributed by atoms with Crippen molar-refractivity contribution in [3.05, 3.63) is 65.5 Å². The number of rotatable bonds is 5. The normalized spacial score (nSPS) is 20.4. The van der Waals surface area contributed by atoms with Crippen molar-refractivity contribution in [3.8, 4) is 0 Å². The van der Waals surface area contributed by atoms with Crippen molar-refractivity contribution in [2.75, 3.05) is 19.6 Å². The van der Waals surface area contributed by atoms with E-state index in [0.29, 0.717) is 44.1 Å². The first-order chi connectivity index (χ1) is 19.8. The van der Waals surface area contributed by atoms with Crippen LogP contribution in [0.3, 0.4) is 0 Å². The molecule has 220 valence electrons. The third-order valence-corrected chi connectivity index (χ3v) is 7.08. The summed E-state index contributed by atoms with van der Waals surface area (Å²) in [7, 11) is 0. The molecule has 2 aromatic heterocycles. The second-order valence-electron chi connectivity index (χ2n) is 10.9. The van der Waals surface area contributed by atoms with E-state index in [0.717, 1.165) is 24.2 Å². The Morgan fingerprint density at radius 1 is 1.00 bits per heavy atom. The van der Waals surface area contributed by atoms with Crippen LogP contribution in [0.15, 0.2) is 42.6 Å². The molecule has 3 aromatic rings. The number of aryl methyl sites for hydroxylation is 1. The number of carbonyl (C=O) groups is 3. The lowest BCUT2D eigenvalue weighted by atomic mass is 10.0. The zero-order valence-corrected chi connectivity index (χ0v) is 24.1. The Hall–Kier alpha value is -4.06. The summed E-state index contributed by atoms with van der Waals surface area (Å²) in [5, 5.41) is 20.5. The highest BCUT2D eigenvalue weighted by molar-refractivity contribution is 5.88. The maximum absolute atomic E-state index is 13.7. The summed E-state index contributed by atoms with van der Waals surface area (Å²) >= 11 is 0. The summed E-state index contributed by atoms with van der Waals surface area (Å²) in [6.07, 6.45) is 3.73. The van der Waals surface area contributed by atoms with Crippen molar-refractivity contribution < 1.29 is 14.4 Å². The highest BCUT2D eigenvalue weighted by atomic mass is 16.2. The predicted molar refractivity (Wildman–Crippen MR) is 153 cm³/mol. The summed E-state index contributed by atoms with van der Waals surface area (Å²) in [6.45, 7) is 8.31. The molecule has 0 spiro atoms. The second kappa shape index (κ2) is 14.5. The molecule has 4 N–H and O–H groups in total. The van der Waals surface area contributed by atoms with E-state index < -0.39 is 12.1 Å². The Kier molecular flexibility index (Phi) is 10.6. The fourth-order valence-electron chi connectivity index (χ4n) is 5.00. The molecule has 0 radical (unpaired) electrons. The second-order valence-corrected chi connectivity index (χ2v) is 10.9. The summed E-state index contributed by atoms with van der Waals surface area (Å²) in [5.41, 5.74) is 1.92. The van der Waals surface area contributed by atoms with Gasteiger partial charge in [0.25, 0.3) is 0 Å². The Morgan fingerprint density at radius 3 is 2.51 bits per heavy atom. The molecule has 1 aliphatic rings. The average Bonchev–Trinajstić information content (AvgIpc) is 3.58. The lowest BCUT2D eigenvalue weighted by molar-refractivity contribution is -0.129. The van der Waals surface area contributed by atoms with E-state index in [1.807, 2.05) is 50.2 Å². The van der Waals surface area contributed by atoms with Gasteiger partial charge in [0.05, 0.1) is 6.04 Å². The van der Waals surface area contributed by atoms with Crippen molar-refractivity contribution in [1.29, 1.82) is 0 Å². The third-order valence-electron chi connectivity index (χ3n) is 7.08. The predicted octanol–water partition coefficient (Wildman–Crippen LogP) is 1.65. The maximum atomic E-state index is 13.7. The molecule has 12 nitrogen and oxygen atoms in total. The van der Waals surface area contributed by atoms with Crippen LogP contribution in [0.25, 0.3) is 0 Å². The van der Waals surface area contributed by atoms with Crippen LogP contribution >= 0.6 is 0 Å². The number of nitrogens with zero attached hydrogens (tertiary/aromatic N) is 5. The number of aromatic nitrogens is 5. The number of hydrogen-bond acceptors (Lipinski definition) is 7. The van der Waals surface area contributed by atoms with Gasteiger partial charge in [-0.15, -0.1) is 0 Å². The first-order valence-corrected chi connectivity index (χ1v) is 14.3. The number of benzene rings is 1. The molecule has 3 amide bonds. The molecule has 3 heterocycles. The van der Waals surface area contributed by atoms with Gasteiger partial charge in [-0.2, -0.15) is 10.2 Å². The Morgan fingerprint density at radius 2 is 1.78 bits per heavy atom. The topological polar surface area (TPSA) is 150 Å². The van der Waals surface area contributed by atoms with Crippen molar-refractivity contribution in [2.45, 2.75) is 71.6 Å². The highest BCUT2D eigenvalue weighted by Crippen LogP contribution is 2.21. The van der Waals surface area contributed by atoms with Gasteiger partial charge < -0.3 is 16.0 Å². The number of amides is 3. The minimum Gasteiger partial charge on any atom is -0.354 e. The van der Waals surface area contributed by atoms with Gasteiger partial charge in [-0.1, -0.05) is 44.2 Å². The Balaban J connectivity index is 1.58. The van der Waals surface area contributed by atoms with Crippen molar-refractivity contribution in [3.63, 3.8) is 0 Å². The smallest absolute Gasteiger partial charge is 0.243 e. The molecule has 1 aliphatic heterocycles. The molecule has 4 rings (SSSR count). The van der Waals surface area contributed by atoms with Crippen molar-refractivity contribution >= 4 is 17.7 Å². The number of fused-ring (bicyclic) bond motifs is 1. The van der Waals surface area contributed by atoms with Crippen LogP contribution in [0, 0.1) is 12.8 Å². The van der Waals surface area contributed by atoms with Crippen molar-refractivity contribution in [2.24, 2.45) is 5.92 Å². The number of H-pyrrole nitrogens is 1. The van der Waals surface area contributed by atoms with Crippen LogP contribution in [0.1, 0.15) is 62.1 Å². The molecular weight excluding hydrogens is 522 g/mol. The fraction of sp³-hybridized carbons (Fsp3) is 0.517. The quantitative estimate of drug-likeness (QED) is 0.369. The summed E-state index contributed by atoms with van der Waals surface area (Å²) in [6, 6.07) is 10.3. The summed E-state index contributed by atoms with van der Waals surface area (Å²) < 4.78 is 1.56. The van der Waals surface area contributed by atoms with Crippen LogP contribution in [0.4, 0.5) is 0 Å². The molecule has 0 bridgehead atoms. The van der Waals surface area contributed by atoms with E-state index in [1.54, 1.807) is 17.8 Å². The van der Waals surface area contributed by atoms with Gasteiger partial charge in [-0.3, -0.25) is 24.4 Å². The lowest BCUT2D eigenvalue weighted by Crippen LogP contribution is -2.50. The summed E-state index contributed by atoms with van der Waals surface area (Å²) in [5.74, 6) is 0.347. The van der Waals surface area contributed by atoms with E-state index in [1.165, 1.54) is 0 Å². The zero-order valence-electron chi connectivity index (χ0n) is 24.1. The van der Waals surface area contributed by atoms with Crippen molar-refractivity contribution in [1.82, 2.24) is 45.8 Å². The molecule has 1 aromatic carbocycles. The third kappa shape index (κ3) is 8.97. The Labute approximate surface area is 240 Å². The number of carbonyl (C=O) groups excluding carboxylic acids is 3. The van der Waals surface area contributed by atoms with Gasteiger partial charge in [-0.25, -0.2) is 9.67 Å². The van der Waals surface area contributed by atoms with Gasteiger partial charge in [0.1, 0.15) is 18.4 Å². The molecule has 2 atom stereocenters. The SMILES string of the molecule is Cc1nc2n(n1)CC(=O)NCCCN(Cc1ccn[nH]1)CCCC(=O)N[C@H](Cc1ccccc1)C(=O)N[C@H]2C(C)C. The highest BCUT2D eigenvalue weighted by Gasteiger charge is 2.29. The van der Waals surface area contributed by atoms with Gasteiger partial charge in [-0.05, 0) is 43.9 Å². The van der Waals surface area contributed by atoms with E-state index in [2.05, 4.69) is 41.1 Å². The fourth-order valence-corrected chi connectivity index (χ4v) is 5.00. The summed E-state index contributed by atoms with van der Waals surface area (Å²) in [4.78, 5) is 46.5. The minimum atomic E-state index is -0.771. The van der Waals surface area contributed by atoms with E-state index in [-0.39, 0.29) is 36.6 Å². The van der Waals surface area contributed by atoms with Crippen LogP contribution in [0.2, 0.25) is 0 Å². The average molecular weight is 564 g/mol. The van der Waals surface area contributed by atoms with E-state index in [4.69, 9.17) is 0 Å². The molecule has 0 unspecified atom stereocenters. The zero-order chi connectivity index (χ0) is 29.2. The van der Waals surface area contributed by atoms with Crippen LogP contribution in [-0.4, -0.2) is 73.3 Å². The minimum absolute atomic E-state index is 0.00268. The molecule has 41 heavy (non-hydrogen) atoms. The van der Waals surface area contributed by atoms with E-state index >= 15 is 0 Å². The van der Waals surface area contributed by atoms with E-state index in [9.17, 15) is 14.4 Å². The van der Waals surface area contributed by atoms with Gasteiger partial charge in [0.15, 0.2) is 5.82 Å². The number of aromatic amines is 1.